The molecule has 3 N–H and O–H groups in total. The van der Waals surface area contributed by atoms with Gasteiger partial charge in [-0.1, -0.05) is 46.5 Å². The maximum atomic E-state index is 12.3. The molecule has 0 bridgehead atoms. The molecule has 0 aliphatic carbocycles. The third kappa shape index (κ3) is 13.4. The van der Waals surface area contributed by atoms with Crippen molar-refractivity contribution < 1.29 is 14.4 Å². The summed E-state index contributed by atoms with van der Waals surface area (Å²) >= 11 is 0. The molecule has 0 aromatic rings. The van der Waals surface area contributed by atoms with Crippen LogP contribution in [-0.4, -0.2) is 36.9 Å². The molecular formula is C19H37N3O3. The highest BCUT2D eigenvalue weighted by molar-refractivity contribution is 5.87. The van der Waals surface area contributed by atoms with Crippen molar-refractivity contribution in [2.24, 2.45) is 0 Å². The average Bonchev–Trinajstić information content (AvgIpc) is 2.61. The molecule has 0 spiro atoms. The van der Waals surface area contributed by atoms with E-state index >= 15 is 0 Å². The first-order valence-electron chi connectivity index (χ1n) is 9.88. The van der Waals surface area contributed by atoms with Gasteiger partial charge in [-0.15, -0.1) is 0 Å². The van der Waals surface area contributed by atoms with E-state index in [9.17, 15) is 14.4 Å². The van der Waals surface area contributed by atoms with Gasteiger partial charge in [0.2, 0.25) is 17.7 Å². The first kappa shape index (κ1) is 23.4. The van der Waals surface area contributed by atoms with Crippen molar-refractivity contribution in [3.8, 4) is 0 Å². The Balaban J connectivity index is 3.95. The number of hydrogen-bond acceptors (Lipinski definition) is 3. The molecule has 0 aliphatic rings. The third-order valence-corrected chi connectivity index (χ3v) is 4.02. The first-order chi connectivity index (χ1) is 12.0. The lowest BCUT2D eigenvalue weighted by molar-refractivity contribution is -0.129. The van der Waals surface area contributed by atoms with Crippen molar-refractivity contribution in [3.63, 3.8) is 0 Å². The van der Waals surface area contributed by atoms with E-state index in [0.717, 1.165) is 51.5 Å². The Bertz CT molecular complexity index is 386. The number of amides is 3. The molecule has 146 valence electrons. The van der Waals surface area contributed by atoms with Gasteiger partial charge in [-0.3, -0.25) is 14.4 Å². The van der Waals surface area contributed by atoms with E-state index in [4.69, 9.17) is 0 Å². The smallest absolute Gasteiger partial charge is 0.242 e. The van der Waals surface area contributed by atoms with E-state index in [1.54, 1.807) is 6.92 Å². The Labute approximate surface area is 152 Å². The number of unbranched alkanes of at least 4 members (excludes halogenated alkanes) is 4. The molecule has 0 aliphatic heterocycles. The van der Waals surface area contributed by atoms with E-state index in [2.05, 4.69) is 22.9 Å². The highest BCUT2D eigenvalue weighted by Gasteiger charge is 2.19. The van der Waals surface area contributed by atoms with Gasteiger partial charge in [0.15, 0.2) is 0 Å². The number of carbonyl (C=O) groups is 3. The molecule has 25 heavy (non-hydrogen) atoms. The summed E-state index contributed by atoms with van der Waals surface area (Å²) < 4.78 is 0. The maximum absolute atomic E-state index is 12.3. The van der Waals surface area contributed by atoms with Gasteiger partial charge in [0.05, 0.1) is 0 Å². The fourth-order valence-corrected chi connectivity index (χ4v) is 2.44. The summed E-state index contributed by atoms with van der Waals surface area (Å²) in [4.78, 5) is 35.3. The van der Waals surface area contributed by atoms with Gasteiger partial charge >= 0.3 is 0 Å². The van der Waals surface area contributed by atoms with Gasteiger partial charge in [-0.2, -0.15) is 0 Å². The summed E-state index contributed by atoms with van der Waals surface area (Å²) in [5.74, 6) is -0.0857. The minimum atomic E-state index is -0.432. The molecule has 6 nitrogen and oxygen atoms in total. The number of hydrogen-bond donors (Lipinski definition) is 3. The van der Waals surface area contributed by atoms with E-state index in [0.29, 0.717) is 25.8 Å². The summed E-state index contributed by atoms with van der Waals surface area (Å²) in [5, 5.41) is 8.57. The second-order valence-corrected chi connectivity index (χ2v) is 6.42. The zero-order valence-corrected chi connectivity index (χ0v) is 16.3. The SMILES string of the molecule is CCCCCC(NC(=O)CC)C(=O)NCCCCCC(=O)NCCC. The van der Waals surface area contributed by atoms with Crippen LogP contribution >= 0.6 is 0 Å². The van der Waals surface area contributed by atoms with Gasteiger partial charge in [0.1, 0.15) is 6.04 Å². The minimum absolute atomic E-state index is 0.0882. The maximum Gasteiger partial charge on any atom is 0.242 e. The fraction of sp³-hybridized carbons (Fsp3) is 0.842. The zero-order chi connectivity index (χ0) is 18.9. The molecule has 0 fully saturated rings. The van der Waals surface area contributed by atoms with Crippen LogP contribution in [0, 0.1) is 0 Å². The van der Waals surface area contributed by atoms with E-state index in [1.165, 1.54) is 0 Å². The van der Waals surface area contributed by atoms with Crippen LogP contribution in [-0.2, 0) is 14.4 Å². The Morgan fingerprint density at radius 3 is 2.16 bits per heavy atom. The van der Waals surface area contributed by atoms with Crippen molar-refractivity contribution in [2.45, 2.75) is 91.0 Å². The molecule has 0 saturated heterocycles. The van der Waals surface area contributed by atoms with Gasteiger partial charge in [-0.05, 0) is 25.7 Å². The minimum Gasteiger partial charge on any atom is -0.356 e. The van der Waals surface area contributed by atoms with E-state index < -0.39 is 6.04 Å². The van der Waals surface area contributed by atoms with Gasteiger partial charge in [-0.25, -0.2) is 0 Å². The molecule has 1 unspecified atom stereocenters. The average molecular weight is 356 g/mol. The summed E-state index contributed by atoms with van der Waals surface area (Å²) in [5.41, 5.74) is 0. The Hall–Kier alpha value is -1.59. The molecule has 1 atom stereocenters. The predicted molar refractivity (Wildman–Crippen MR) is 101 cm³/mol. The first-order valence-corrected chi connectivity index (χ1v) is 9.88. The summed E-state index contributed by atoms with van der Waals surface area (Å²) in [6, 6.07) is -0.432. The monoisotopic (exact) mass is 355 g/mol. The molecule has 6 heteroatoms. The second kappa shape index (κ2) is 15.9. The molecule has 0 rings (SSSR count). The van der Waals surface area contributed by atoms with Gasteiger partial charge in [0.25, 0.3) is 0 Å². The molecule has 0 radical (unpaired) electrons. The molecule has 0 aromatic carbocycles. The summed E-state index contributed by atoms with van der Waals surface area (Å²) in [6.45, 7) is 7.25. The molecule has 0 heterocycles. The van der Waals surface area contributed by atoms with Crippen molar-refractivity contribution in [1.82, 2.24) is 16.0 Å². The normalized spacial score (nSPS) is 11.6. The number of rotatable bonds is 15. The topological polar surface area (TPSA) is 87.3 Å². The van der Waals surface area contributed by atoms with Crippen molar-refractivity contribution in [1.29, 1.82) is 0 Å². The van der Waals surface area contributed by atoms with Gasteiger partial charge < -0.3 is 16.0 Å². The highest BCUT2D eigenvalue weighted by atomic mass is 16.2. The van der Waals surface area contributed by atoms with Crippen molar-refractivity contribution in [3.05, 3.63) is 0 Å². The van der Waals surface area contributed by atoms with Crippen LogP contribution in [0.1, 0.15) is 85.0 Å². The van der Waals surface area contributed by atoms with Crippen LogP contribution in [0.25, 0.3) is 0 Å². The predicted octanol–water partition coefficient (Wildman–Crippen LogP) is 2.66. The third-order valence-electron chi connectivity index (χ3n) is 4.02. The van der Waals surface area contributed by atoms with Crippen LogP contribution in [0.4, 0.5) is 0 Å². The fourth-order valence-electron chi connectivity index (χ4n) is 2.44. The zero-order valence-electron chi connectivity index (χ0n) is 16.3. The Kier molecular flexibility index (Phi) is 14.9. The van der Waals surface area contributed by atoms with Crippen LogP contribution in [0.3, 0.4) is 0 Å². The quantitative estimate of drug-likeness (QED) is 0.395. The Morgan fingerprint density at radius 1 is 0.760 bits per heavy atom. The second-order valence-electron chi connectivity index (χ2n) is 6.42. The number of carbonyl (C=O) groups excluding carboxylic acids is 3. The lowest BCUT2D eigenvalue weighted by Crippen LogP contribution is -2.46. The van der Waals surface area contributed by atoms with Crippen molar-refractivity contribution >= 4 is 17.7 Å². The van der Waals surface area contributed by atoms with E-state index in [1.807, 2.05) is 6.92 Å². The number of nitrogens with one attached hydrogen (secondary N) is 3. The lowest BCUT2D eigenvalue weighted by atomic mass is 10.1. The van der Waals surface area contributed by atoms with Crippen LogP contribution in [0.2, 0.25) is 0 Å². The molecule has 0 aromatic heterocycles. The lowest BCUT2D eigenvalue weighted by Gasteiger charge is -2.18. The van der Waals surface area contributed by atoms with E-state index in [-0.39, 0.29) is 17.7 Å². The molecular weight excluding hydrogens is 318 g/mol. The largest absolute Gasteiger partial charge is 0.356 e. The van der Waals surface area contributed by atoms with Crippen LogP contribution in [0.15, 0.2) is 0 Å². The highest BCUT2D eigenvalue weighted by Crippen LogP contribution is 2.05. The molecule has 3 amide bonds. The molecule has 0 saturated carbocycles. The van der Waals surface area contributed by atoms with Crippen LogP contribution < -0.4 is 16.0 Å². The van der Waals surface area contributed by atoms with Crippen molar-refractivity contribution in [2.75, 3.05) is 13.1 Å². The van der Waals surface area contributed by atoms with Crippen LogP contribution in [0.5, 0.6) is 0 Å². The van der Waals surface area contributed by atoms with Gasteiger partial charge in [0, 0.05) is 25.9 Å². The summed E-state index contributed by atoms with van der Waals surface area (Å²) in [6.07, 6.45) is 8.22. The standard InChI is InChI=1S/C19H37N3O3/c1-4-7-9-12-16(22-17(23)6-3)19(25)21-15-11-8-10-13-18(24)20-14-5-2/h16H,4-15H2,1-3H3,(H,20,24)(H,21,25)(H,22,23). The Morgan fingerprint density at radius 2 is 1.52 bits per heavy atom. The summed E-state index contributed by atoms with van der Waals surface area (Å²) in [7, 11) is 0.